The number of thioether (sulfide) groups is 1. The second-order valence-corrected chi connectivity index (χ2v) is 4.01. The van der Waals surface area contributed by atoms with Crippen molar-refractivity contribution in [1.29, 1.82) is 0 Å². The Morgan fingerprint density at radius 2 is 2.54 bits per heavy atom. The third-order valence-corrected chi connectivity index (χ3v) is 3.05. The molecule has 2 N–H and O–H groups in total. The van der Waals surface area contributed by atoms with Crippen LogP contribution in [-0.4, -0.2) is 22.8 Å². The lowest BCUT2D eigenvalue weighted by atomic mass is 10.1. The Balaban J connectivity index is 2.37. The number of aryl methyl sites for hydroxylation is 1. The quantitative estimate of drug-likeness (QED) is 0.569. The van der Waals surface area contributed by atoms with Crippen LogP contribution in [0, 0.1) is 0 Å². The van der Waals surface area contributed by atoms with Gasteiger partial charge in [-0.3, -0.25) is 0 Å². The van der Waals surface area contributed by atoms with Crippen LogP contribution < -0.4 is 5.73 Å². The minimum absolute atomic E-state index is 0.462. The molecule has 0 bridgehead atoms. The van der Waals surface area contributed by atoms with E-state index in [9.17, 15) is 0 Å². The van der Waals surface area contributed by atoms with Gasteiger partial charge in [0.25, 0.3) is 0 Å². The second-order valence-electron chi connectivity index (χ2n) is 3.24. The Kier molecular flexibility index (Phi) is 2.51. The lowest BCUT2D eigenvalue weighted by Gasteiger charge is -2.06. The fourth-order valence-electron chi connectivity index (χ4n) is 1.74. The first-order valence-electron chi connectivity index (χ1n) is 4.45. The monoisotopic (exact) mass is 195 g/mol. The van der Waals surface area contributed by atoms with Crippen LogP contribution in [-0.2, 0) is 6.42 Å². The summed E-state index contributed by atoms with van der Waals surface area (Å²) in [6, 6.07) is 0. The minimum atomic E-state index is 0.462. The molecule has 0 spiro atoms. The van der Waals surface area contributed by atoms with Crippen LogP contribution in [0.5, 0.6) is 0 Å². The summed E-state index contributed by atoms with van der Waals surface area (Å²) in [4.78, 5) is 8.74. The van der Waals surface area contributed by atoms with Gasteiger partial charge < -0.3 is 5.73 Å². The fourth-order valence-corrected chi connectivity index (χ4v) is 2.09. The van der Waals surface area contributed by atoms with Crippen molar-refractivity contribution in [3.63, 3.8) is 0 Å². The normalized spacial score (nSPS) is 20.3. The van der Waals surface area contributed by atoms with Gasteiger partial charge in [-0.1, -0.05) is 11.8 Å². The van der Waals surface area contributed by atoms with Gasteiger partial charge in [0.1, 0.15) is 0 Å². The molecule has 1 aliphatic carbocycles. The lowest BCUT2D eigenvalue weighted by molar-refractivity contribution is 0.667. The SMILES string of the molecule is CSc1ncc2c(n1)C(CN)CC2. The molecule has 1 aliphatic rings. The van der Waals surface area contributed by atoms with Crippen molar-refractivity contribution in [2.75, 3.05) is 12.8 Å². The Hall–Kier alpha value is -0.610. The van der Waals surface area contributed by atoms with Gasteiger partial charge in [0.2, 0.25) is 0 Å². The number of nitrogens with two attached hydrogens (primary N) is 1. The van der Waals surface area contributed by atoms with E-state index in [2.05, 4.69) is 9.97 Å². The Bertz CT molecular complexity index is 314. The summed E-state index contributed by atoms with van der Waals surface area (Å²) in [6.45, 7) is 0.706. The molecule has 0 radical (unpaired) electrons. The molecule has 0 amide bonds. The van der Waals surface area contributed by atoms with Crippen molar-refractivity contribution >= 4 is 11.8 Å². The molecule has 1 unspecified atom stereocenters. The highest BCUT2D eigenvalue weighted by molar-refractivity contribution is 7.98. The molecule has 0 saturated carbocycles. The van der Waals surface area contributed by atoms with Crippen molar-refractivity contribution in [2.24, 2.45) is 5.73 Å². The molecule has 1 aromatic heterocycles. The standard InChI is InChI=1S/C9H13N3S/c1-13-9-11-5-7-3-2-6(4-10)8(7)12-9/h5-6H,2-4,10H2,1H3. The number of hydrogen-bond acceptors (Lipinski definition) is 4. The molecular formula is C9H13N3S. The van der Waals surface area contributed by atoms with E-state index in [4.69, 9.17) is 5.73 Å². The molecule has 4 heteroatoms. The zero-order chi connectivity index (χ0) is 9.26. The highest BCUT2D eigenvalue weighted by atomic mass is 32.2. The van der Waals surface area contributed by atoms with Gasteiger partial charge in [0, 0.05) is 18.7 Å². The molecule has 1 aromatic rings. The van der Waals surface area contributed by atoms with Crippen molar-refractivity contribution < 1.29 is 0 Å². The maximum atomic E-state index is 5.67. The zero-order valence-electron chi connectivity index (χ0n) is 7.66. The summed E-state index contributed by atoms with van der Waals surface area (Å²) in [7, 11) is 0. The lowest BCUT2D eigenvalue weighted by Crippen LogP contribution is -2.11. The van der Waals surface area contributed by atoms with Crippen LogP contribution in [0.15, 0.2) is 11.4 Å². The van der Waals surface area contributed by atoms with Crippen molar-refractivity contribution in [2.45, 2.75) is 23.9 Å². The van der Waals surface area contributed by atoms with Gasteiger partial charge >= 0.3 is 0 Å². The summed E-state index contributed by atoms with van der Waals surface area (Å²) < 4.78 is 0. The van der Waals surface area contributed by atoms with E-state index in [1.807, 2.05) is 12.5 Å². The average molecular weight is 195 g/mol. The van der Waals surface area contributed by atoms with Crippen LogP contribution in [0.1, 0.15) is 23.6 Å². The van der Waals surface area contributed by atoms with Gasteiger partial charge in [0.15, 0.2) is 5.16 Å². The Labute approximate surface area is 82.2 Å². The highest BCUT2D eigenvalue weighted by Gasteiger charge is 2.23. The van der Waals surface area contributed by atoms with Crippen LogP contribution in [0.3, 0.4) is 0 Å². The van der Waals surface area contributed by atoms with E-state index < -0.39 is 0 Å². The Morgan fingerprint density at radius 3 is 3.23 bits per heavy atom. The summed E-state index contributed by atoms with van der Waals surface area (Å²) in [5.74, 6) is 0.462. The van der Waals surface area contributed by atoms with Crippen molar-refractivity contribution in [1.82, 2.24) is 9.97 Å². The summed E-state index contributed by atoms with van der Waals surface area (Å²) in [6.07, 6.45) is 6.17. The van der Waals surface area contributed by atoms with Gasteiger partial charge in [0.05, 0.1) is 5.69 Å². The summed E-state index contributed by atoms with van der Waals surface area (Å²) in [5.41, 5.74) is 8.14. The van der Waals surface area contributed by atoms with Gasteiger partial charge in [-0.15, -0.1) is 0 Å². The molecule has 1 heterocycles. The molecule has 0 fully saturated rings. The number of rotatable bonds is 2. The molecular weight excluding hydrogens is 182 g/mol. The molecule has 2 rings (SSSR count). The molecule has 13 heavy (non-hydrogen) atoms. The minimum Gasteiger partial charge on any atom is -0.330 e. The molecule has 70 valence electrons. The molecule has 0 aromatic carbocycles. The third kappa shape index (κ3) is 1.56. The van der Waals surface area contributed by atoms with Gasteiger partial charge in [-0.25, -0.2) is 9.97 Å². The number of hydrogen-bond donors (Lipinski definition) is 1. The van der Waals surface area contributed by atoms with Crippen LogP contribution in [0.4, 0.5) is 0 Å². The van der Waals surface area contributed by atoms with Gasteiger partial charge in [-0.05, 0) is 24.7 Å². The van der Waals surface area contributed by atoms with E-state index in [0.29, 0.717) is 12.5 Å². The summed E-state index contributed by atoms with van der Waals surface area (Å²) >= 11 is 1.58. The molecule has 1 atom stereocenters. The Morgan fingerprint density at radius 1 is 1.69 bits per heavy atom. The first-order valence-corrected chi connectivity index (χ1v) is 5.67. The largest absolute Gasteiger partial charge is 0.330 e. The molecule has 3 nitrogen and oxygen atoms in total. The predicted octanol–water partition coefficient (Wildman–Crippen LogP) is 1.19. The topological polar surface area (TPSA) is 51.8 Å². The number of aromatic nitrogens is 2. The first-order chi connectivity index (χ1) is 6.35. The molecule has 0 saturated heterocycles. The smallest absolute Gasteiger partial charge is 0.187 e. The fraction of sp³-hybridized carbons (Fsp3) is 0.556. The van der Waals surface area contributed by atoms with E-state index in [1.54, 1.807) is 11.8 Å². The number of nitrogens with zero attached hydrogens (tertiary/aromatic N) is 2. The maximum absolute atomic E-state index is 5.67. The summed E-state index contributed by atoms with van der Waals surface area (Å²) in [5, 5.41) is 0.860. The third-order valence-electron chi connectivity index (χ3n) is 2.49. The first kappa shape index (κ1) is 8.97. The van der Waals surface area contributed by atoms with Gasteiger partial charge in [-0.2, -0.15) is 0 Å². The number of fused-ring (bicyclic) bond motifs is 1. The highest BCUT2D eigenvalue weighted by Crippen LogP contribution is 2.30. The van der Waals surface area contributed by atoms with Crippen molar-refractivity contribution in [3.8, 4) is 0 Å². The van der Waals surface area contributed by atoms with Crippen LogP contribution >= 0.6 is 11.8 Å². The van der Waals surface area contributed by atoms with E-state index in [1.165, 1.54) is 11.3 Å². The van der Waals surface area contributed by atoms with Crippen LogP contribution in [0.2, 0.25) is 0 Å². The average Bonchev–Trinajstić information content (AvgIpc) is 2.59. The van der Waals surface area contributed by atoms with Crippen molar-refractivity contribution in [3.05, 3.63) is 17.5 Å². The predicted molar refractivity (Wildman–Crippen MR) is 53.9 cm³/mol. The van der Waals surface area contributed by atoms with E-state index in [-0.39, 0.29) is 0 Å². The molecule has 0 aliphatic heterocycles. The maximum Gasteiger partial charge on any atom is 0.187 e. The zero-order valence-corrected chi connectivity index (χ0v) is 8.47. The second kappa shape index (κ2) is 3.64. The van der Waals surface area contributed by atoms with Crippen LogP contribution in [0.25, 0.3) is 0 Å². The van der Waals surface area contributed by atoms with E-state index >= 15 is 0 Å². The van der Waals surface area contributed by atoms with E-state index in [0.717, 1.165) is 18.0 Å².